The van der Waals surface area contributed by atoms with Gasteiger partial charge in [0.1, 0.15) is 11.2 Å². The topological polar surface area (TPSA) is 22.9 Å². The van der Waals surface area contributed by atoms with E-state index in [0.29, 0.717) is 0 Å². The molecule has 0 spiro atoms. The quantitative estimate of drug-likeness (QED) is 0.155. The van der Waals surface area contributed by atoms with Crippen molar-refractivity contribution in [2.75, 3.05) is 14.6 Å². The van der Waals surface area contributed by atoms with Gasteiger partial charge in [0.25, 0.3) is 0 Å². The molecule has 9 aromatic carbocycles. The van der Waals surface area contributed by atoms with Gasteiger partial charge in [-0.25, -0.2) is 0 Å². The highest BCUT2D eigenvalue weighted by Gasteiger charge is 2.48. The molecule has 0 bridgehead atoms. The summed E-state index contributed by atoms with van der Waals surface area (Å²) in [6, 6.07) is 71.6. The molecule has 0 amide bonds. The number of para-hydroxylation sites is 1. The van der Waals surface area contributed by atoms with E-state index in [1.54, 1.807) is 0 Å². The summed E-state index contributed by atoms with van der Waals surface area (Å²) in [5, 5.41) is 2.26. The highest BCUT2D eigenvalue weighted by Crippen LogP contribution is 2.53. The molecule has 4 nitrogen and oxygen atoms in total. The van der Waals surface area contributed by atoms with Crippen molar-refractivity contribution in [3.8, 4) is 22.3 Å². The third-order valence-corrected chi connectivity index (χ3v) is 16.8. The number of fused-ring (bicyclic) bond motifs is 8. The van der Waals surface area contributed by atoms with Crippen molar-refractivity contribution in [2.24, 2.45) is 0 Å². The normalized spacial score (nSPS) is 13.7. The van der Waals surface area contributed by atoms with Crippen molar-refractivity contribution >= 4 is 85.2 Å². The first kappa shape index (κ1) is 52.0. The highest BCUT2D eigenvalue weighted by molar-refractivity contribution is 6.95. The van der Waals surface area contributed by atoms with Gasteiger partial charge in [0.2, 0.25) is 0 Å². The maximum Gasteiger partial charge on any atom is 0.333 e. The molecular formula is C74H76BN3O. The molecule has 0 unspecified atom stereocenters. The van der Waals surface area contributed by atoms with Crippen LogP contribution in [-0.2, 0) is 27.1 Å². The third-order valence-electron chi connectivity index (χ3n) is 16.8. The van der Waals surface area contributed by atoms with Gasteiger partial charge in [-0.2, -0.15) is 0 Å². The standard InChI is InChI=1S/C74H76BN3O/c1-70(2,3)48-25-32-53(33-26-48)76(54-34-27-49(28-35-54)71(4,5)6)56-38-39-57-60-44-52(74(13,14)15)45-64-68(60)75(78(63(57)46-56)55-36-29-50(30-37-55)72(7,8)9)69-62(41-42-66-67(69)58-23-19-20-24-65(58)79-66)77(64)61-40-31-51(73(10,11)12)43-59(61)47-21-17-16-18-22-47/h16-46H,1-15H3. The van der Waals surface area contributed by atoms with Gasteiger partial charge in [0, 0.05) is 61.7 Å². The first-order valence-electron chi connectivity index (χ1n) is 28.5. The summed E-state index contributed by atoms with van der Waals surface area (Å²) in [5.41, 5.74) is 24.5. The van der Waals surface area contributed by atoms with Crippen molar-refractivity contribution in [1.29, 1.82) is 0 Å². The maximum atomic E-state index is 6.93. The van der Waals surface area contributed by atoms with Gasteiger partial charge in [0.15, 0.2) is 0 Å². The number of rotatable bonds is 6. The molecule has 12 rings (SSSR count). The smallest absolute Gasteiger partial charge is 0.333 e. The Morgan fingerprint density at radius 1 is 0.354 bits per heavy atom. The summed E-state index contributed by atoms with van der Waals surface area (Å²) < 4.78 is 6.93. The molecule has 1 aromatic heterocycles. The lowest BCUT2D eigenvalue weighted by atomic mass is 9.42. The van der Waals surface area contributed by atoms with Crippen LogP contribution in [0.2, 0.25) is 0 Å². The number of hydrogen-bond acceptors (Lipinski definition) is 4. The molecule has 3 heterocycles. The molecule has 0 fully saturated rings. The van der Waals surface area contributed by atoms with Crippen molar-refractivity contribution in [2.45, 2.75) is 131 Å². The fourth-order valence-electron chi connectivity index (χ4n) is 12.2. The first-order valence-corrected chi connectivity index (χ1v) is 28.5. The van der Waals surface area contributed by atoms with Gasteiger partial charge in [-0.15, -0.1) is 0 Å². The van der Waals surface area contributed by atoms with Crippen LogP contribution in [0.3, 0.4) is 0 Å². The van der Waals surface area contributed by atoms with Gasteiger partial charge in [-0.1, -0.05) is 207 Å². The van der Waals surface area contributed by atoms with Gasteiger partial charge in [-0.3, -0.25) is 0 Å². The third kappa shape index (κ3) is 9.04. The summed E-state index contributed by atoms with van der Waals surface area (Å²) in [6.45, 7) is 34.4. The molecule has 5 heteroatoms. The summed E-state index contributed by atoms with van der Waals surface area (Å²) >= 11 is 0. The number of nitrogens with zero attached hydrogens (tertiary/aromatic N) is 3. The minimum atomic E-state index is -0.266. The Kier molecular flexibility index (Phi) is 12.1. The molecular weight excluding hydrogens is 958 g/mol. The van der Waals surface area contributed by atoms with E-state index in [1.165, 1.54) is 66.7 Å². The SMILES string of the molecule is CC(C)(C)c1ccc(N2B3c4c(cc(C(C)(C)C)cc4N(c4ccc(C(C)(C)C)cc4-c4ccccc4)c4ccc5oc6ccccc6c5c43)-c3ccc(N(c4ccc(C(C)(C)C)cc4)c4ccc(C(C)(C)C)cc4)cc32)cc1. The van der Waals surface area contributed by atoms with Gasteiger partial charge < -0.3 is 19.0 Å². The van der Waals surface area contributed by atoms with Gasteiger partial charge in [0.05, 0.1) is 5.69 Å². The Balaban J connectivity index is 1.21. The van der Waals surface area contributed by atoms with E-state index in [0.717, 1.165) is 61.8 Å². The van der Waals surface area contributed by atoms with Gasteiger partial charge >= 0.3 is 6.85 Å². The number of hydrogen-bond donors (Lipinski definition) is 0. The molecule has 2 aliphatic heterocycles. The lowest BCUT2D eigenvalue weighted by Gasteiger charge is -2.47. The fraction of sp³-hybridized carbons (Fsp3) is 0.270. The predicted molar refractivity (Wildman–Crippen MR) is 341 cm³/mol. The summed E-state index contributed by atoms with van der Waals surface area (Å²) in [5.74, 6) is 0. The van der Waals surface area contributed by atoms with Crippen molar-refractivity contribution in [3.05, 3.63) is 216 Å². The lowest BCUT2D eigenvalue weighted by Crippen LogP contribution is -2.62. The summed E-state index contributed by atoms with van der Waals surface area (Å²) in [4.78, 5) is 7.74. The molecule has 0 atom stereocenters. The Bertz CT molecular complexity index is 3910. The van der Waals surface area contributed by atoms with Crippen LogP contribution in [-0.4, -0.2) is 6.85 Å². The van der Waals surface area contributed by atoms with Crippen LogP contribution < -0.4 is 25.5 Å². The van der Waals surface area contributed by atoms with Crippen LogP contribution in [0.1, 0.15) is 132 Å². The first-order chi connectivity index (χ1) is 37.3. The Labute approximate surface area is 470 Å². The van der Waals surface area contributed by atoms with E-state index in [2.05, 4.69) is 307 Å². The van der Waals surface area contributed by atoms with Crippen LogP contribution in [0.5, 0.6) is 0 Å². The maximum absolute atomic E-state index is 6.93. The molecule has 0 N–H and O–H groups in total. The fourth-order valence-corrected chi connectivity index (χ4v) is 12.2. The van der Waals surface area contributed by atoms with E-state index in [1.807, 2.05) is 0 Å². The largest absolute Gasteiger partial charge is 0.456 e. The number of furan rings is 1. The van der Waals surface area contributed by atoms with Crippen LogP contribution in [0.25, 0.3) is 44.2 Å². The molecule has 79 heavy (non-hydrogen) atoms. The van der Waals surface area contributed by atoms with Gasteiger partial charge in [-0.05, 0) is 162 Å². The summed E-state index contributed by atoms with van der Waals surface area (Å²) in [6.07, 6.45) is 0. The van der Waals surface area contributed by atoms with Crippen LogP contribution >= 0.6 is 0 Å². The second-order valence-corrected chi connectivity index (χ2v) is 27.6. The van der Waals surface area contributed by atoms with Crippen molar-refractivity contribution in [3.63, 3.8) is 0 Å². The number of anilines is 8. The lowest BCUT2D eigenvalue weighted by molar-refractivity contribution is 0.590. The minimum Gasteiger partial charge on any atom is -0.456 e. The zero-order valence-corrected chi connectivity index (χ0v) is 49.2. The van der Waals surface area contributed by atoms with Crippen LogP contribution in [0.4, 0.5) is 45.5 Å². The second kappa shape index (κ2) is 18.4. The highest BCUT2D eigenvalue weighted by atomic mass is 16.3. The van der Waals surface area contributed by atoms with Crippen molar-refractivity contribution < 1.29 is 4.42 Å². The predicted octanol–water partition coefficient (Wildman–Crippen LogP) is 19.9. The molecule has 10 aromatic rings. The summed E-state index contributed by atoms with van der Waals surface area (Å²) in [7, 11) is 0. The van der Waals surface area contributed by atoms with E-state index in [9.17, 15) is 0 Å². The van der Waals surface area contributed by atoms with E-state index >= 15 is 0 Å². The van der Waals surface area contributed by atoms with Crippen molar-refractivity contribution in [1.82, 2.24) is 0 Å². The Morgan fingerprint density at radius 2 is 0.861 bits per heavy atom. The zero-order chi connectivity index (χ0) is 55.7. The zero-order valence-electron chi connectivity index (χ0n) is 49.2. The van der Waals surface area contributed by atoms with Crippen LogP contribution in [0, 0.1) is 0 Å². The van der Waals surface area contributed by atoms with Crippen LogP contribution in [0.15, 0.2) is 192 Å². The van der Waals surface area contributed by atoms with E-state index in [-0.39, 0.29) is 33.9 Å². The Morgan fingerprint density at radius 3 is 1.44 bits per heavy atom. The molecule has 0 saturated carbocycles. The second-order valence-electron chi connectivity index (χ2n) is 27.6. The average molecular weight is 1030 g/mol. The average Bonchev–Trinajstić information content (AvgIpc) is 3.73. The minimum absolute atomic E-state index is 0.0152. The van der Waals surface area contributed by atoms with E-state index in [4.69, 9.17) is 4.42 Å². The molecule has 2 aliphatic rings. The molecule has 0 radical (unpaired) electrons. The van der Waals surface area contributed by atoms with E-state index < -0.39 is 0 Å². The number of benzene rings is 9. The molecule has 0 saturated heterocycles. The molecule has 396 valence electrons. The molecule has 0 aliphatic carbocycles. The monoisotopic (exact) mass is 1030 g/mol. The Hall–Kier alpha value is -7.76.